The number of aryl methyl sites for hydroxylation is 1. The zero-order valence-electron chi connectivity index (χ0n) is 15.3. The Morgan fingerprint density at radius 1 is 1.20 bits per heavy atom. The molecule has 0 atom stereocenters. The third kappa shape index (κ3) is 3.98. The molecule has 0 bridgehead atoms. The number of carbonyl (C=O) groups is 1. The van der Waals surface area contributed by atoms with Crippen molar-refractivity contribution in [2.45, 2.75) is 26.8 Å². The SMILES string of the molecule is CCN(CC)CCCNC(=O)Cn1cnc2c1c(=O)n(C)c(=O)n2C. The van der Waals surface area contributed by atoms with Gasteiger partial charge in [0.15, 0.2) is 11.2 Å². The summed E-state index contributed by atoms with van der Waals surface area (Å²) in [6.07, 6.45) is 2.29. The van der Waals surface area contributed by atoms with Crippen LogP contribution in [0.5, 0.6) is 0 Å². The van der Waals surface area contributed by atoms with E-state index in [1.807, 2.05) is 0 Å². The molecule has 0 saturated heterocycles. The lowest BCUT2D eigenvalue weighted by Gasteiger charge is -2.17. The minimum absolute atomic E-state index is 0.00475. The molecule has 0 aliphatic rings. The Bertz CT molecular complexity index is 859. The summed E-state index contributed by atoms with van der Waals surface area (Å²) in [6.45, 7) is 7.72. The molecule has 2 aromatic heterocycles. The number of fused-ring (bicyclic) bond motifs is 1. The summed E-state index contributed by atoms with van der Waals surface area (Å²) in [5.74, 6) is -0.185. The van der Waals surface area contributed by atoms with E-state index in [4.69, 9.17) is 0 Å². The van der Waals surface area contributed by atoms with Crippen LogP contribution in [0.3, 0.4) is 0 Å². The minimum atomic E-state index is -0.454. The van der Waals surface area contributed by atoms with Crippen LogP contribution in [-0.4, -0.2) is 55.7 Å². The van der Waals surface area contributed by atoms with Gasteiger partial charge in [-0.1, -0.05) is 13.8 Å². The number of imidazole rings is 1. The van der Waals surface area contributed by atoms with Gasteiger partial charge in [-0.25, -0.2) is 9.78 Å². The van der Waals surface area contributed by atoms with Crippen LogP contribution < -0.4 is 16.6 Å². The van der Waals surface area contributed by atoms with Crippen molar-refractivity contribution in [2.24, 2.45) is 14.1 Å². The monoisotopic (exact) mass is 350 g/mol. The van der Waals surface area contributed by atoms with Crippen LogP contribution in [0.15, 0.2) is 15.9 Å². The van der Waals surface area contributed by atoms with Crippen molar-refractivity contribution in [3.05, 3.63) is 27.2 Å². The predicted molar refractivity (Wildman–Crippen MR) is 95.6 cm³/mol. The van der Waals surface area contributed by atoms with Crippen molar-refractivity contribution < 1.29 is 4.79 Å². The molecule has 2 rings (SSSR count). The summed E-state index contributed by atoms with van der Waals surface area (Å²) in [4.78, 5) is 42.8. The van der Waals surface area contributed by atoms with Crippen molar-refractivity contribution in [1.29, 1.82) is 0 Å². The maximum absolute atomic E-state index is 12.3. The van der Waals surface area contributed by atoms with E-state index in [2.05, 4.69) is 29.0 Å². The number of carbonyl (C=O) groups excluding carboxylic acids is 1. The second-order valence-corrected chi connectivity index (χ2v) is 5.98. The third-order valence-electron chi connectivity index (χ3n) is 4.40. The molecule has 0 aliphatic heterocycles. The third-order valence-corrected chi connectivity index (χ3v) is 4.40. The highest BCUT2D eigenvalue weighted by Crippen LogP contribution is 2.05. The van der Waals surface area contributed by atoms with Crippen molar-refractivity contribution in [3.8, 4) is 0 Å². The number of hydrogen-bond acceptors (Lipinski definition) is 5. The van der Waals surface area contributed by atoms with Gasteiger partial charge in [0.1, 0.15) is 6.54 Å². The normalized spacial score (nSPS) is 11.4. The first kappa shape index (κ1) is 18.9. The summed E-state index contributed by atoms with van der Waals surface area (Å²) in [7, 11) is 2.96. The molecular formula is C16H26N6O3. The number of amides is 1. The predicted octanol–water partition coefficient (Wildman–Crippen LogP) is -0.718. The molecular weight excluding hydrogens is 324 g/mol. The van der Waals surface area contributed by atoms with Crippen molar-refractivity contribution in [1.82, 2.24) is 28.9 Å². The largest absolute Gasteiger partial charge is 0.355 e. The van der Waals surface area contributed by atoms with Crippen LogP contribution in [0.2, 0.25) is 0 Å². The first-order valence-corrected chi connectivity index (χ1v) is 8.50. The molecule has 0 saturated carbocycles. The van der Waals surface area contributed by atoms with Crippen LogP contribution in [0, 0.1) is 0 Å². The van der Waals surface area contributed by atoms with Crippen LogP contribution >= 0.6 is 0 Å². The average Bonchev–Trinajstić information content (AvgIpc) is 3.02. The van der Waals surface area contributed by atoms with E-state index in [1.165, 1.54) is 22.5 Å². The van der Waals surface area contributed by atoms with E-state index in [1.54, 1.807) is 7.05 Å². The van der Waals surface area contributed by atoms with Gasteiger partial charge in [-0.15, -0.1) is 0 Å². The van der Waals surface area contributed by atoms with E-state index in [0.29, 0.717) is 6.54 Å². The molecule has 0 aliphatic carbocycles. The maximum Gasteiger partial charge on any atom is 0.332 e. The molecule has 9 heteroatoms. The number of hydrogen-bond donors (Lipinski definition) is 1. The molecule has 25 heavy (non-hydrogen) atoms. The molecule has 0 unspecified atom stereocenters. The lowest BCUT2D eigenvalue weighted by atomic mass is 10.3. The van der Waals surface area contributed by atoms with Crippen LogP contribution in [0.4, 0.5) is 0 Å². The van der Waals surface area contributed by atoms with E-state index in [9.17, 15) is 14.4 Å². The molecule has 1 amide bonds. The quantitative estimate of drug-likeness (QED) is 0.634. The Kier molecular flexibility index (Phi) is 6.13. The van der Waals surface area contributed by atoms with Gasteiger partial charge >= 0.3 is 5.69 Å². The van der Waals surface area contributed by atoms with Gasteiger partial charge in [0.25, 0.3) is 5.56 Å². The summed E-state index contributed by atoms with van der Waals surface area (Å²) in [6, 6.07) is 0. The Hall–Kier alpha value is -2.42. The lowest BCUT2D eigenvalue weighted by molar-refractivity contribution is -0.121. The van der Waals surface area contributed by atoms with Gasteiger partial charge in [0.05, 0.1) is 6.33 Å². The second kappa shape index (κ2) is 8.11. The van der Waals surface area contributed by atoms with E-state index in [0.717, 1.165) is 30.6 Å². The number of rotatable bonds is 8. The van der Waals surface area contributed by atoms with Crippen LogP contribution in [0.25, 0.3) is 11.2 Å². The van der Waals surface area contributed by atoms with Gasteiger partial charge in [0, 0.05) is 20.6 Å². The summed E-state index contributed by atoms with van der Waals surface area (Å²) >= 11 is 0. The molecule has 1 N–H and O–H groups in total. The summed E-state index contributed by atoms with van der Waals surface area (Å²) in [5.41, 5.74) is -0.362. The Morgan fingerprint density at radius 2 is 1.88 bits per heavy atom. The molecule has 0 fully saturated rings. The molecule has 0 spiro atoms. The molecule has 2 aromatic rings. The van der Waals surface area contributed by atoms with Gasteiger partial charge in [-0.2, -0.15) is 0 Å². The van der Waals surface area contributed by atoms with Crippen LogP contribution in [-0.2, 0) is 25.4 Å². The number of aromatic nitrogens is 4. The first-order chi connectivity index (χ1) is 11.9. The maximum atomic E-state index is 12.3. The fraction of sp³-hybridized carbons (Fsp3) is 0.625. The highest BCUT2D eigenvalue weighted by molar-refractivity contribution is 5.78. The zero-order chi connectivity index (χ0) is 18.6. The van der Waals surface area contributed by atoms with Crippen molar-refractivity contribution >= 4 is 17.1 Å². The Labute approximate surface area is 145 Å². The zero-order valence-corrected chi connectivity index (χ0v) is 15.3. The summed E-state index contributed by atoms with van der Waals surface area (Å²) < 4.78 is 3.80. The smallest absolute Gasteiger partial charge is 0.332 e. The van der Waals surface area contributed by atoms with Gasteiger partial charge in [0.2, 0.25) is 5.91 Å². The molecule has 2 heterocycles. The highest BCUT2D eigenvalue weighted by atomic mass is 16.2. The number of nitrogens with zero attached hydrogens (tertiary/aromatic N) is 5. The van der Waals surface area contributed by atoms with E-state index in [-0.39, 0.29) is 23.6 Å². The fourth-order valence-corrected chi connectivity index (χ4v) is 2.80. The molecule has 9 nitrogen and oxygen atoms in total. The minimum Gasteiger partial charge on any atom is -0.355 e. The van der Waals surface area contributed by atoms with Crippen molar-refractivity contribution in [3.63, 3.8) is 0 Å². The van der Waals surface area contributed by atoms with Gasteiger partial charge in [-0.3, -0.25) is 18.7 Å². The standard InChI is InChI=1S/C16H26N6O3/c1-5-21(6-2)9-7-8-17-12(23)10-22-11-18-14-13(22)15(24)20(4)16(25)19(14)3/h11H,5-10H2,1-4H3,(H,17,23). The fourth-order valence-electron chi connectivity index (χ4n) is 2.80. The average molecular weight is 350 g/mol. The number of nitrogens with one attached hydrogen (secondary N) is 1. The highest BCUT2D eigenvalue weighted by Gasteiger charge is 2.15. The van der Waals surface area contributed by atoms with Crippen LogP contribution in [0.1, 0.15) is 20.3 Å². The second-order valence-electron chi connectivity index (χ2n) is 5.98. The molecule has 0 radical (unpaired) electrons. The Balaban J connectivity index is 2.05. The Morgan fingerprint density at radius 3 is 2.52 bits per heavy atom. The van der Waals surface area contributed by atoms with E-state index < -0.39 is 11.2 Å². The van der Waals surface area contributed by atoms with Gasteiger partial charge in [-0.05, 0) is 26.1 Å². The first-order valence-electron chi connectivity index (χ1n) is 8.50. The topological polar surface area (TPSA) is 94.2 Å². The molecule has 0 aromatic carbocycles. The lowest BCUT2D eigenvalue weighted by Crippen LogP contribution is -2.38. The summed E-state index contributed by atoms with van der Waals surface area (Å²) in [5, 5.41) is 2.86. The van der Waals surface area contributed by atoms with Gasteiger partial charge < -0.3 is 14.8 Å². The van der Waals surface area contributed by atoms with E-state index >= 15 is 0 Å². The molecule has 138 valence electrons. The van der Waals surface area contributed by atoms with Crippen molar-refractivity contribution in [2.75, 3.05) is 26.2 Å².